The van der Waals surface area contributed by atoms with Crippen molar-refractivity contribution in [2.45, 2.75) is 0 Å². The van der Waals surface area contributed by atoms with E-state index in [1.807, 2.05) is 18.2 Å². The first kappa shape index (κ1) is 7.91. The Labute approximate surface area is 76.2 Å². The molecule has 1 aromatic carbocycles. The first-order chi connectivity index (χ1) is 6.40. The number of hydrogen-bond donors (Lipinski definition) is 1. The summed E-state index contributed by atoms with van der Waals surface area (Å²) in [5, 5.41) is 3.90. The first-order valence-electron chi connectivity index (χ1n) is 3.99. The van der Waals surface area contributed by atoms with Crippen LogP contribution in [-0.4, -0.2) is 20.1 Å². The number of nitrogens with one attached hydrogen (secondary N) is 1. The van der Waals surface area contributed by atoms with Gasteiger partial charge in [-0.2, -0.15) is 5.10 Å². The van der Waals surface area contributed by atoms with E-state index in [1.54, 1.807) is 13.3 Å². The number of hydrogen-bond acceptors (Lipinski definition) is 4. The Bertz CT molecular complexity index is 336. The van der Waals surface area contributed by atoms with Gasteiger partial charge in [0.25, 0.3) is 0 Å². The zero-order valence-electron chi connectivity index (χ0n) is 7.28. The molecule has 1 aromatic rings. The average Bonchev–Trinajstić information content (AvgIpc) is 2.61. The number of hydrazone groups is 1. The van der Waals surface area contributed by atoms with Crippen molar-refractivity contribution in [2.24, 2.45) is 5.10 Å². The zero-order valence-corrected chi connectivity index (χ0v) is 7.28. The smallest absolute Gasteiger partial charge is 0.231 e. The number of rotatable bonds is 2. The van der Waals surface area contributed by atoms with Gasteiger partial charge >= 0.3 is 0 Å². The van der Waals surface area contributed by atoms with Gasteiger partial charge in [-0.3, -0.25) is 0 Å². The van der Waals surface area contributed by atoms with Gasteiger partial charge in [0.1, 0.15) is 0 Å². The third-order valence-electron chi connectivity index (χ3n) is 1.74. The summed E-state index contributed by atoms with van der Waals surface area (Å²) in [6.07, 6.45) is 1.72. The van der Waals surface area contributed by atoms with Crippen molar-refractivity contribution in [2.75, 3.05) is 13.8 Å². The molecule has 0 amide bonds. The number of benzene rings is 1. The van der Waals surface area contributed by atoms with Gasteiger partial charge in [-0.15, -0.1) is 0 Å². The topological polar surface area (TPSA) is 42.9 Å². The van der Waals surface area contributed by atoms with Crippen molar-refractivity contribution >= 4 is 6.21 Å². The number of fused-ring (bicyclic) bond motifs is 1. The maximum Gasteiger partial charge on any atom is 0.231 e. The summed E-state index contributed by atoms with van der Waals surface area (Å²) in [5.41, 5.74) is 3.67. The summed E-state index contributed by atoms with van der Waals surface area (Å²) in [6, 6.07) is 5.69. The van der Waals surface area contributed by atoms with Crippen LogP contribution in [0.25, 0.3) is 0 Å². The Morgan fingerprint density at radius 1 is 1.38 bits per heavy atom. The lowest BCUT2D eigenvalue weighted by Gasteiger charge is -1.96. The van der Waals surface area contributed by atoms with Crippen LogP contribution >= 0.6 is 0 Å². The molecule has 4 nitrogen and oxygen atoms in total. The fraction of sp³-hybridized carbons (Fsp3) is 0.222. The molecule has 1 aliphatic heterocycles. The molecular formula is C9H10N2O2. The average molecular weight is 178 g/mol. The molecule has 0 saturated carbocycles. The Morgan fingerprint density at radius 3 is 3.08 bits per heavy atom. The van der Waals surface area contributed by atoms with Crippen molar-refractivity contribution in [3.63, 3.8) is 0 Å². The van der Waals surface area contributed by atoms with Gasteiger partial charge in [-0.25, -0.2) is 0 Å². The van der Waals surface area contributed by atoms with Gasteiger partial charge in [0.05, 0.1) is 6.21 Å². The van der Waals surface area contributed by atoms with Crippen molar-refractivity contribution in [3.05, 3.63) is 23.8 Å². The lowest BCUT2D eigenvalue weighted by molar-refractivity contribution is 0.174. The van der Waals surface area contributed by atoms with Crippen molar-refractivity contribution in [3.8, 4) is 11.5 Å². The van der Waals surface area contributed by atoms with E-state index in [2.05, 4.69) is 10.5 Å². The highest BCUT2D eigenvalue weighted by atomic mass is 16.7. The second-order valence-electron chi connectivity index (χ2n) is 2.59. The fourth-order valence-corrected chi connectivity index (χ4v) is 1.13. The second kappa shape index (κ2) is 3.35. The molecular weight excluding hydrogens is 168 g/mol. The normalized spacial score (nSPS) is 13.6. The molecule has 0 radical (unpaired) electrons. The predicted molar refractivity (Wildman–Crippen MR) is 49.2 cm³/mol. The van der Waals surface area contributed by atoms with E-state index in [-0.39, 0.29) is 0 Å². The van der Waals surface area contributed by atoms with Crippen LogP contribution in [0.15, 0.2) is 23.3 Å². The monoisotopic (exact) mass is 178 g/mol. The molecule has 1 N–H and O–H groups in total. The fourth-order valence-electron chi connectivity index (χ4n) is 1.13. The Hall–Kier alpha value is -1.71. The van der Waals surface area contributed by atoms with Gasteiger partial charge in [-0.1, -0.05) is 0 Å². The van der Waals surface area contributed by atoms with Crippen LogP contribution in [0.1, 0.15) is 5.56 Å². The first-order valence-corrected chi connectivity index (χ1v) is 3.99. The molecule has 1 aliphatic rings. The highest BCUT2D eigenvalue weighted by molar-refractivity contribution is 5.80. The SMILES string of the molecule is CN/N=C/c1ccc2c(c1)OCO2. The molecule has 0 saturated heterocycles. The number of ether oxygens (including phenoxy) is 2. The summed E-state index contributed by atoms with van der Waals surface area (Å²) in [6.45, 7) is 0.307. The van der Waals surface area contributed by atoms with Crippen LogP contribution in [0.4, 0.5) is 0 Å². The van der Waals surface area contributed by atoms with Crippen molar-refractivity contribution in [1.82, 2.24) is 5.43 Å². The van der Waals surface area contributed by atoms with Crippen LogP contribution in [0.5, 0.6) is 11.5 Å². The Kier molecular flexibility index (Phi) is 2.04. The van der Waals surface area contributed by atoms with E-state index >= 15 is 0 Å². The maximum absolute atomic E-state index is 5.21. The largest absolute Gasteiger partial charge is 0.454 e. The third-order valence-corrected chi connectivity index (χ3v) is 1.74. The van der Waals surface area contributed by atoms with Crippen LogP contribution in [-0.2, 0) is 0 Å². The van der Waals surface area contributed by atoms with E-state index in [0.29, 0.717) is 6.79 Å². The van der Waals surface area contributed by atoms with Crippen LogP contribution in [0.3, 0.4) is 0 Å². The molecule has 13 heavy (non-hydrogen) atoms. The molecule has 0 unspecified atom stereocenters. The van der Waals surface area contributed by atoms with Gasteiger partial charge in [0, 0.05) is 7.05 Å². The maximum atomic E-state index is 5.21. The minimum absolute atomic E-state index is 0.307. The van der Waals surface area contributed by atoms with Crippen LogP contribution in [0.2, 0.25) is 0 Å². The second-order valence-corrected chi connectivity index (χ2v) is 2.59. The molecule has 0 aliphatic carbocycles. The lowest BCUT2D eigenvalue weighted by Crippen LogP contribution is -1.94. The Balaban J connectivity index is 2.25. The van der Waals surface area contributed by atoms with Gasteiger partial charge in [-0.05, 0) is 23.8 Å². The van der Waals surface area contributed by atoms with E-state index in [0.717, 1.165) is 17.1 Å². The molecule has 0 aromatic heterocycles. The third kappa shape index (κ3) is 1.56. The van der Waals surface area contributed by atoms with Gasteiger partial charge in [0.2, 0.25) is 6.79 Å². The summed E-state index contributed by atoms with van der Waals surface area (Å²) in [7, 11) is 1.75. The summed E-state index contributed by atoms with van der Waals surface area (Å²) < 4.78 is 10.4. The van der Waals surface area contributed by atoms with Crippen LogP contribution < -0.4 is 14.9 Å². The molecule has 0 atom stereocenters. The molecule has 0 bridgehead atoms. The van der Waals surface area contributed by atoms with Crippen molar-refractivity contribution < 1.29 is 9.47 Å². The Morgan fingerprint density at radius 2 is 2.23 bits per heavy atom. The lowest BCUT2D eigenvalue weighted by atomic mass is 10.2. The minimum Gasteiger partial charge on any atom is -0.454 e. The van der Waals surface area contributed by atoms with Gasteiger partial charge in [0.15, 0.2) is 11.5 Å². The highest BCUT2D eigenvalue weighted by Gasteiger charge is 2.12. The van der Waals surface area contributed by atoms with E-state index in [9.17, 15) is 0 Å². The highest BCUT2D eigenvalue weighted by Crippen LogP contribution is 2.31. The van der Waals surface area contributed by atoms with E-state index in [4.69, 9.17) is 9.47 Å². The molecule has 0 fully saturated rings. The number of nitrogens with zero attached hydrogens (tertiary/aromatic N) is 1. The summed E-state index contributed by atoms with van der Waals surface area (Å²) in [4.78, 5) is 0. The van der Waals surface area contributed by atoms with Gasteiger partial charge < -0.3 is 14.9 Å². The van der Waals surface area contributed by atoms with E-state index < -0.39 is 0 Å². The minimum atomic E-state index is 0.307. The predicted octanol–water partition coefficient (Wildman–Crippen LogP) is 0.969. The van der Waals surface area contributed by atoms with Crippen LogP contribution in [0, 0.1) is 0 Å². The zero-order chi connectivity index (χ0) is 9.10. The quantitative estimate of drug-likeness (QED) is 0.542. The van der Waals surface area contributed by atoms with Crippen molar-refractivity contribution in [1.29, 1.82) is 0 Å². The molecule has 1 heterocycles. The molecule has 0 spiro atoms. The standard InChI is InChI=1S/C9H10N2O2/c1-10-11-5-7-2-3-8-9(4-7)13-6-12-8/h2-5,10H,6H2,1H3/b11-5+. The van der Waals surface area contributed by atoms with E-state index in [1.165, 1.54) is 0 Å². The molecule has 68 valence electrons. The molecule has 4 heteroatoms. The summed E-state index contributed by atoms with van der Waals surface area (Å²) in [5.74, 6) is 1.57. The summed E-state index contributed by atoms with van der Waals surface area (Å²) >= 11 is 0. The molecule has 2 rings (SSSR count).